The highest BCUT2D eigenvalue weighted by Gasteiger charge is 2.20. The standard InChI is InChI=1S/C12H13N4O/c13-12(17)16-10-6-2-1-5-9(10)11(14-16)15-7-3-4-8-15/h2,5-6H,3-4,7-8H2,(H2,13,17). The number of anilines is 1. The van der Waals surface area contributed by atoms with Gasteiger partial charge in [0.25, 0.3) is 0 Å². The van der Waals surface area contributed by atoms with Crippen molar-refractivity contribution in [1.29, 1.82) is 0 Å². The van der Waals surface area contributed by atoms with E-state index in [4.69, 9.17) is 5.73 Å². The zero-order chi connectivity index (χ0) is 11.8. The molecule has 1 aliphatic heterocycles. The molecule has 1 aromatic heterocycles. The Morgan fingerprint density at radius 2 is 2.18 bits per heavy atom. The second-order valence-corrected chi connectivity index (χ2v) is 4.21. The molecule has 0 spiro atoms. The molecular formula is C12H13N4O. The van der Waals surface area contributed by atoms with E-state index in [2.05, 4.69) is 16.1 Å². The number of hydrogen-bond donors (Lipinski definition) is 1. The van der Waals surface area contributed by atoms with Crippen LogP contribution in [0.5, 0.6) is 0 Å². The zero-order valence-electron chi connectivity index (χ0n) is 9.39. The average Bonchev–Trinajstić information content (AvgIpc) is 2.95. The van der Waals surface area contributed by atoms with Crippen molar-refractivity contribution in [2.45, 2.75) is 12.8 Å². The predicted octanol–water partition coefficient (Wildman–Crippen LogP) is 1.36. The number of carbonyl (C=O) groups excluding carboxylic acids is 1. The van der Waals surface area contributed by atoms with Crippen LogP contribution in [0.2, 0.25) is 0 Å². The number of amides is 1. The minimum atomic E-state index is -0.549. The first-order chi connectivity index (χ1) is 8.27. The van der Waals surface area contributed by atoms with E-state index in [-0.39, 0.29) is 0 Å². The molecule has 0 atom stereocenters. The van der Waals surface area contributed by atoms with E-state index >= 15 is 0 Å². The number of rotatable bonds is 1. The maximum Gasteiger partial charge on any atom is 0.340 e. The van der Waals surface area contributed by atoms with E-state index in [0.29, 0.717) is 0 Å². The molecule has 5 nitrogen and oxygen atoms in total. The molecule has 5 heteroatoms. The minimum Gasteiger partial charge on any atom is -0.355 e. The van der Waals surface area contributed by atoms with Crippen LogP contribution in [0.25, 0.3) is 10.9 Å². The number of fused-ring (bicyclic) bond motifs is 1. The van der Waals surface area contributed by atoms with Gasteiger partial charge in [-0.25, -0.2) is 4.79 Å². The highest BCUT2D eigenvalue weighted by molar-refractivity contribution is 5.96. The fourth-order valence-corrected chi connectivity index (χ4v) is 2.32. The third kappa shape index (κ3) is 1.54. The maximum absolute atomic E-state index is 11.3. The first-order valence-electron chi connectivity index (χ1n) is 5.71. The Morgan fingerprint density at radius 3 is 2.88 bits per heavy atom. The van der Waals surface area contributed by atoms with Crippen molar-refractivity contribution in [2.24, 2.45) is 5.73 Å². The molecule has 17 heavy (non-hydrogen) atoms. The summed E-state index contributed by atoms with van der Waals surface area (Å²) in [4.78, 5) is 13.5. The smallest absolute Gasteiger partial charge is 0.340 e. The molecule has 0 unspecified atom stereocenters. The lowest BCUT2D eigenvalue weighted by Crippen LogP contribution is -2.22. The van der Waals surface area contributed by atoms with Crippen LogP contribution in [0.1, 0.15) is 12.8 Å². The fraction of sp³-hybridized carbons (Fsp3) is 0.333. The fourth-order valence-electron chi connectivity index (χ4n) is 2.32. The molecule has 87 valence electrons. The summed E-state index contributed by atoms with van der Waals surface area (Å²) in [5, 5.41) is 5.26. The van der Waals surface area contributed by atoms with Crippen LogP contribution in [0, 0.1) is 6.07 Å². The van der Waals surface area contributed by atoms with Gasteiger partial charge in [0.05, 0.1) is 5.52 Å². The number of primary amides is 1. The number of carbonyl (C=O) groups is 1. The summed E-state index contributed by atoms with van der Waals surface area (Å²) in [6.45, 7) is 1.97. The topological polar surface area (TPSA) is 64.2 Å². The van der Waals surface area contributed by atoms with Crippen LogP contribution in [-0.4, -0.2) is 28.9 Å². The molecule has 2 N–H and O–H groups in total. The van der Waals surface area contributed by atoms with E-state index in [1.165, 1.54) is 17.5 Å². The molecule has 1 saturated heterocycles. The molecule has 0 saturated carbocycles. The Balaban J connectivity index is 2.20. The summed E-state index contributed by atoms with van der Waals surface area (Å²) >= 11 is 0. The number of aromatic nitrogens is 2. The van der Waals surface area contributed by atoms with Gasteiger partial charge in [0.2, 0.25) is 0 Å². The van der Waals surface area contributed by atoms with E-state index in [9.17, 15) is 4.79 Å². The van der Waals surface area contributed by atoms with E-state index in [0.717, 1.165) is 29.8 Å². The molecule has 1 aliphatic rings. The first kappa shape index (κ1) is 10.1. The van der Waals surface area contributed by atoms with Gasteiger partial charge >= 0.3 is 6.03 Å². The normalized spacial score (nSPS) is 15.6. The third-order valence-corrected chi connectivity index (χ3v) is 3.12. The Hall–Kier alpha value is -2.04. The number of benzene rings is 1. The summed E-state index contributed by atoms with van der Waals surface area (Å²) < 4.78 is 1.26. The summed E-state index contributed by atoms with van der Waals surface area (Å²) in [5.74, 6) is 0.841. The largest absolute Gasteiger partial charge is 0.355 e. The van der Waals surface area contributed by atoms with Gasteiger partial charge in [0.1, 0.15) is 0 Å². The third-order valence-electron chi connectivity index (χ3n) is 3.12. The second kappa shape index (κ2) is 3.76. The van der Waals surface area contributed by atoms with Crippen molar-refractivity contribution in [2.75, 3.05) is 18.0 Å². The van der Waals surface area contributed by atoms with Crippen molar-refractivity contribution in [3.8, 4) is 0 Å². The van der Waals surface area contributed by atoms with Gasteiger partial charge in [-0.05, 0) is 31.0 Å². The van der Waals surface area contributed by atoms with E-state index in [1.807, 2.05) is 12.1 Å². The van der Waals surface area contributed by atoms with Crippen LogP contribution >= 0.6 is 0 Å². The SMILES string of the molecule is NC(=O)n1nc(N2CCCC2)c2c[c]ccc21. The molecule has 2 aromatic rings. The monoisotopic (exact) mass is 229 g/mol. The summed E-state index contributed by atoms with van der Waals surface area (Å²) in [6.07, 6.45) is 2.34. The van der Waals surface area contributed by atoms with Gasteiger partial charge in [-0.1, -0.05) is 6.07 Å². The van der Waals surface area contributed by atoms with Crippen molar-refractivity contribution < 1.29 is 4.79 Å². The molecule has 1 radical (unpaired) electrons. The predicted molar refractivity (Wildman–Crippen MR) is 65.0 cm³/mol. The summed E-state index contributed by atoms with van der Waals surface area (Å²) in [5.41, 5.74) is 6.07. The number of nitrogens with two attached hydrogens (primary N) is 1. The van der Waals surface area contributed by atoms with Crippen LogP contribution in [0.4, 0.5) is 10.6 Å². The zero-order valence-corrected chi connectivity index (χ0v) is 9.39. The molecular weight excluding hydrogens is 216 g/mol. The van der Waals surface area contributed by atoms with E-state index in [1.54, 1.807) is 6.07 Å². The first-order valence-corrected chi connectivity index (χ1v) is 5.71. The molecule has 1 amide bonds. The van der Waals surface area contributed by atoms with Crippen molar-refractivity contribution in [3.05, 3.63) is 24.3 Å². The molecule has 1 aromatic carbocycles. The van der Waals surface area contributed by atoms with Crippen LogP contribution in [-0.2, 0) is 0 Å². The van der Waals surface area contributed by atoms with Crippen molar-refractivity contribution >= 4 is 22.8 Å². The Kier molecular flexibility index (Phi) is 2.24. The van der Waals surface area contributed by atoms with Gasteiger partial charge in [-0.2, -0.15) is 4.68 Å². The summed E-state index contributed by atoms with van der Waals surface area (Å²) in [6, 6.07) is 7.90. The van der Waals surface area contributed by atoms with Gasteiger partial charge in [0, 0.05) is 18.5 Å². The van der Waals surface area contributed by atoms with Gasteiger partial charge in [-0.3, -0.25) is 0 Å². The average molecular weight is 229 g/mol. The molecule has 0 aliphatic carbocycles. The Bertz CT molecular complexity index is 569. The molecule has 1 fully saturated rings. The Morgan fingerprint density at radius 1 is 1.41 bits per heavy atom. The van der Waals surface area contributed by atoms with Gasteiger partial charge in [0.15, 0.2) is 5.82 Å². The summed E-state index contributed by atoms with van der Waals surface area (Å²) in [7, 11) is 0. The van der Waals surface area contributed by atoms with Crippen LogP contribution < -0.4 is 10.6 Å². The Labute approximate surface area is 98.8 Å². The number of hydrogen-bond acceptors (Lipinski definition) is 3. The molecule has 3 rings (SSSR count). The lowest BCUT2D eigenvalue weighted by atomic mass is 10.2. The minimum absolute atomic E-state index is 0.549. The number of nitrogens with zero attached hydrogens (tertiary/aromatic N) is 3. The molecule has 0 bridgehead atoms. The maximum atomic E-state index is 11.3. The second-order valence-electron chi connectivity index (χ2n) is 4.21. The van der Waals surface area contributed by atoms with Crippen molar-refractivity contribution in [3.63, 3.8) is 0 Å². The van der Waals surface area contributed by atoms with Gasteiger partial charge in [-0.15, -0.1) is 5.10 Å². The quantitative estimate of drug-likeness (QED) is 0.803. The van der Waals surface area contributed by atoms with Crippen LogP contribution in [0.3, 0.4) is 0 Å². The highest BCUT2D eigenvalue weighted by atomic mass is 16.2. The lowest BCUT2D eigenvalue weighted by Gasteiger charge is -2.13. The molecule has 2 heterocycles. The van der Waals surface area contributed by atoms with Crippen LogP contribution in [0.15, 0.2) is 18.2 Å². The highest BCUT2D eigenvalue weighted by Crippen LogP contribution is 2.28. The van der Waals surface area contributed by atoms with Crippen molar-refractivity contribution in [1.82, 2.24) is 9.78 Å². The van der Waals surface area contributed by atoms with E-state index < -0.39 is 6.03 Å². The lowest BCUT2D eigenvalue weighted by molar-refractivity contribution is 0.248. The van der Waals surface area contributed by atoms with Gasteiger partial charge < -0.3 is 10.6 Å².